The molecular formula is C22H28N2O3. The van der Waals surface area contributed by atoms with Crippen LogP contribution in [0.2, 0.25) is 0 Å². The summed E-state index contributed by atoms with van der Waals surface area (Å²) in [6, 6.07) is 16.8. The van der Waals surface area contributed by atoms with Crippen molar-refractivity contribution < 1.29 is 14.3 Å². The van der Waals surface area contributed by atoms with E-state index in [0.717, 1.165) is 5.56 Å². The summed E-state index contributed by atoms with van der Waals surface area (Å²) < 4.78 is 5.70. The molecule has 0 aromatic heterocycles. The third-order valence-corrected chi connectivity index (χ3v) is 4.18. The minimum Gasteiger partial charge on any atom is -0.483 e. The Morgan fingerprint density at radius 1 is 0.926 bits per heavy atom. The number of nitrogens with zero attached hydrogens (tertiary/aromatic N) is 1. The van der Waals surface area contributed by atoms with Crippen LogP contribution in [0, 0.1) is 0 Å². The number of nitrogens with one attached hydrogen (secondary N) is 1. The Labute approximate surface area is 161 Å². The third-order valence-electron chi connectivity index (χ3n) is 4.18. The van der Waals surface area contributed by atoms with Crippen molar-refractivity contribution in [1.29, 1.82) is 0 Å². The van der Waals surface area contributed by atoms with E-state index < -0.39 is 0 Å². The summed E-state index contributed by atoms with van der Waals surface area (Å²) >= 11 is 0. The van der Waals surface area contributed by atoms with Gasteiger partial charge in [0, 0.05) is 18.6 Å². The van der Waals surface area contributed by atoms with Crippen LogP contribution in [-0.2, 0) is 11.3 Å². The minimum absolute atomic E-state index is 0.0884. The van der Waals surface area contributed by atoms with Crippen LogP contribution in [0.3, 0.4) is 0 Å². The predicted molar refractivity (Wildman–Crippen MR) is 107 cm³/mol. The van der Waals surface area contributed by atoms with Gasteiger partial charge in [-0.15, -0.1) is 0 Å². The second-order valence-electron chi connectivity index (χ2n) is 6.94. The highest BCUT2D eigenvalue weighted by Crippen LogP contribution is 2.18. The van der Waals surface area contributed by atoms with Crippen molar-refractivity contribution >= 4 is 11.8 Å². The normalized spacial score (nSPS) is 10.7. The van der Waals surface area contributed by atoms with Crippen molar-refractivity contribution in [1.82, 2.24) is 10.2 Å². The molecule has 0 aliphatic rings. The van der Waals surface area contributed by atoms with Crippen molar-refractivity contribution in [3.05, 3.63) is 65.7 Å². The van der Waals surface area contributed by atoms with Crippen LogP contribution in [0.25, 0.3) is 0 Å². The molecule has 0 aliphatic carbocycles. The number of para-hydroxylation sites is 1. The molecule has 0 spiro atoms. The zero-order valence-corrected chi connectivity index (χ0v) is 16.4. The molecule has 0 atom stereocenters. The van der Waals surface area contributed by atoms with E-state index in [1.54, 1.807) is 29.2 Å². The number of benzene rings is 2. The quantitative estimate of drug-likeness (QED) is 0.774. The topological polar surface area (TPSA) is 58.6 Å². The fraction of sp³-hybridized carbons (Fsp3) is 0.364. The van der Waals surface area contributed by atoms with Gasteiger partial charge in [-0.3, -0.25) is 9.59 Å². The second kappa shape index (κ2) is 9.76. The van der Waals surface area contributed by atoms with Crippen LogP contribution in [0.15, 0.2) is 54.6 Å². The van der Waals surface area contributed by atoms with Gasteiger partial charge in [-0.2, -0.15) is 0 Å². The number of rotatable bonds is 8. The monoisotopic (exact) mass is 368 g/mol. The smallest absolute Gasteiger partial charge is 0.260 e. The Morgan fingerprint density at radius 3 is 2.15 bits per heavy atom. The largest absolute Gasteiger partial charge is 0.483 e. The Hall–Kier alpha value is -2.82. The van der Waals surface area contributed by atoms with Crippen molar-refractivity contribution in [3.8, 4) is 5.75 Å². The average Bonchev–Trinajstić information content (AvgIpc) is 2.65. The number of amides is 2. The lowest BCUT2D eigenvalue weighted by molar-refractivity contribution is -0.137. The van der Waals surface area contributed by atoms with Gasteiger partial charge in [0.1, 0.15) is 5.75 Å². The molecule has 5 heteroatoms. The van der Waals surface area contributed by atoms with Gasteiger partial charge in [0.05, 0.1) is 5.56 Å². The summed E-state index contributed by atoms with van der Waals surface area (Å²) in [5.74, 6) is 0.0786. The summed E-state index contributed by atoms with van der Waals surface area (Å²) in [6.45, 7) is 8.23. The standard InChI is InChI=1S/C22H28N2O3/c1-16(2)24(17(3)4)21(25)15-27-20-13-9-8-12-19(20)22(26)23-14-18-10-6-5-7-11-18/h5-13,16-17H,14-15H2,1-4H3,(H,23,26). The predicted octanol–water partition coefficient (Wildman–Crippen LogP) is 3.64. The number of hydrogen-bond acceptors (Lipinski definition) is 3. The molecule has 27 heavy (non-hydrogen) atoms. The summed E-state index contributed by atoms with van der Waals surface area (Å²) in [5.41, 5.74) is 1.44. The van der Waals surface area contributed by atoms with Crippen molar-refractivity contribution in [3.63, 3.8) is 0 Å². The fourth-order valence-electron chi connectivity index (χ4n) is 3.04. The summed E-state index contributed by atoms with van der Waals surface area (Å²) in [7, 11) is 0. The highest BCUT2D eigenvalue weighted by molar-refractivity contribution is 5.97. The zero-order chi connectivity index (χ0) is 19.8. The van der Waals surface area contributed by atoms with E-state index in [1.807, 2.05) is 58.0 Å². The molecule has 1 N–H and O–H groups in total. The Morgan fingerprint density at radius 2 is 1.52 bits per heavy atom. The second-order valence-corrected chi connectivity index (χ2v) is 6.94. The van der Waals surface area contributed by atoms with Crippen molar-refractivity contribution in [2.75, 3.05) is 6.61 Å². The molecule has 0 aliphatic heterocycles. The Kier molecular flexibility index (Phi) is 7.41. The van der Waals surface area contributed by atoms with Gasteiger partial charge >= 0.3 is 0 Å². The number of carbonyl (C=O) groups is 2. The molecule has 2 aromatic rings. The van der Waals surface area contributed by atoms with Gasteiger partial charge in [0.25, 0.3) is 11.8 Å². The molecule has 2 aromatic carbocycles. The SMILES string of the molecule is CC(C)N(C(=O)COc1ccccc1C(=O)NCc1ccccc1)C(C)C. The van der Waals surface area contributed by atoms with E-state index in [9.17, 15) is 9.59 Å². The minimum atomic E-state index is -0.230. The average molecular weight is 368 g/mol. The first kappa shape index (κ1) is 20.5. The first-order valence-electron chi connectivity index (χ1n) is 9.25. The van der Waals surface area contributed by atoms with E-state index in [2.05, 4.69) is 5.32 Å². The van der Waals surface area contributed by atoms with Crippen LogP contribution >= 0.6 is 0 Å². The van der Waals surface area contributed by atoms with E-state index in [1.165, 1.54) is 0 Å². The van der Waals surface area contributed by atoms with Crippen LogP contribution in [0.5, 0.6) is 5.75 Å². The Balaban J connectivity index is 2.02. The molecule has 0 saturated heterocycles. The lowest BCUT2D eigenvalue weighted by Gasteiger charge is -2.30. The summed E-state index contributed by atoms with van der Waals surface area (Å²) in [4.78, 5) is 26.8. The van der Waals surface area contributed by atoms with Gasteiger partial charge < -0.3 is 15.0 Å². The van der Waals surface area contributed by atoms with Gasteiger partial charge in [-0.1, -0.05) is 42.5 Å². The van der Waals surface area contributed by atoms with Crippen LogP contribution in [-0.4, -0.2) is 35.4 Å². The van der Waals surface area contributed by atoms with E-state index in [-0.39, 0.29) is 30.5 Å². The summed E-state index contributed by atoms with van der Waals surface area (Å²) in [6.07, 6.45) is 0. The highest BCUT2D eigenvalue weighted by Gasteiger charge is 2.21. The van der Waals surface area contributed by atoms with Crippen LogP contribution in [0.4, 0.5) is 0 Å². The number of ether oxygens (including phenoxy) is 1. The third kappa shape index (κ3) is 5.84. The molecule has 144 valence electrons. The van der Waals surface area contributed by atoms with E-state index in [0.29, 0.717) is 17.9 Å². The van der Waals surface area contributed by atoms with E-state index in [4.69, 9.17) is 4.74 Å². The van der Waals surface area contributed by atoms with Crippen molar-refractivity contribution in [2.24, 2.45) is 0 Å². The number of carbonyl (C=O) groups excluding carboxylic acids is 2. The van der Waals surface area contributed by atoms with Crippen molar-refractivity contribution in [2.45, 2.75) is 46.3 Å². The maximum absolute atomic E-state index is 12.5. The lowest BCUT2D eigenvalue weighted by Crippen LogP contribution is -2.44. The fourth-order valence-corrected chi connectivity index (χ4v) is 3.04. The van der Waals surface area contributed by atoms with Gasteiger partial charge in [0.2, 0.25) is 0 Å². The maximum atomic E-state index is 12.5. The molecule has 5 nitrogen and oxygen atoms in total. The zero-order valence-electron chi connectivity index (χ0n) is 16.4. The summed E-state index contributed by atoms with van der Waals surface area (Å²) in [5, 5.41) is 2.89. The molecule has 0 fully saturated rings. The lowest BCUT2D eigenvalue weighted by atomic mass is 10.1. The number of hydrogen-bond donors (Lipinski definition) is 1. The molecule has 0 unspecified atom stereocenters. The van der Waals surface area contributed by atoms with E-state index >= 15 is 0 Å². The molecule has 0 bridgehead atoms. The van der Waals surface area contributed by atoms with Gasteiger partial charge in [0.15, 0.2) is 6.61 Å². The molecule has 0 saturated carbocycles. The maximum Gasteiger partial charge on any atom is 0.260 e. The first-order chi connectivity index (χ1) is 12.9. The molecule has 2 rings (SSSR count). The van der Waals surface area contributed by atoms with Gasteiger partial charge in [-0.25, -0.2) is 0 Å². The highest BCUT2D eigenvalue weighted by atomic mass is 16.5. The molecular weight excluding hydrogens is 340 g/mol. The molecule has 2 amide bonds. The van der Waals surface area contributed by atoms with Gasteiger partial charge in [-0.05, 0) is 45.4 Å². The van der Waals surface area contributed by atoms with Crippen LogP contribution < -0.4 is 10.1 Å². The Bertz CT molecular complexity index is 749. The van der Waals surface area contributed by atoms with Crippen LogP contribution in [0.1, 0.15) is 43.6 Å². The molecule has 0 radical (unpaired) electrons. The first-order valence-corrected chi connectivity index (χ1v) is 9.25. The molecule has 0 heterocycles.